The van der Waals surface area contributed by atoms with Gasteiger partial charge in [-0.2, -0.15) is 4.98 Å². The molecule has 2 aliphatic heterocycles. The van der Waals surface area contributed by atoms with Crippen molar-refractivity contribution in [3.05, 3.63) is 50.3 Å². The zero-order valence-corrected chi connectivity index (χ0v) is 17.8. The Morgan fingerprint density at radius 3 is 2.66 bits per heavy atom. The van der Waals surface area contributed by atoms with E-state index in [1.807, 2.05) is 4.90 Å². The summed E-state index contributed by atoms with van der Waals surface area (Å²) in [4.78, 5) is 58.0. The number of non-ortho nitro benzene ring substituents is 1. The lowest BCUT2D eigenvalue weighted by Gasteiger charge is -2.39. The second-order valence-corrected chi connectivity index (χ2v) is 8.29. The number of carbonyl (C=O) groups excluding carboxylic acids is 2. The molecule has 2 aliphatic rings. The molecule has 1 saturated heterocycles. The van der Waals surface area contributed by atoms with E-state index in [0.29, 0.717) is 5.95 Å². The Bertz CT molecular complexity index is 1140. The normalized spacial score (nSPS) is 22.6. The fourth-order valence-electron chi connectivity index (χ4n) is 4.47. The summed E-state index contributed by atoms with van der Waals surface area (Å²) in [5, 5.41) is 16.2. The summed E-state index contributed by atoms with van der Waals surface area (Å²) < 4.78 is 0. The number of nitro groups is 1. The Balaban J connectivity index is 1.66. The van der Waals surface area contributed by atoms with Gasteiger partial charge in [-0.3, -0.25) is 29.5 Å². The summed E-state index contributed by atoms with van der Waals surface area (Å²) in [6.07, 6.45) is 2.79. The van der Waals surface area contributed by atoms with Gasteiger partial charge in [-0.05, 0) is 39.2 Å². The third-order valence-electron chi connectivity index (χ3n) is 6.02. The Hall–Kier alpha value is -3.76. The molecule has 1 aromatic carbocycles. The van der Waals surface area contributed by atoms with Crippen LogP contribution in [-0.2, 0) is 9.59 Å². The SMILES string of the molecule is C[C@@H]1CCC[C@@H](C)N1c1nc2c(c(=O)[nH]1)[C@H](C(=O)Nc1cccc([N+](=O)[O-])c1)CC(=O)N2. The lowest BCUT2D eigenvalue weighted by molar-refractivity contribution is -0.384. The second kappa shape index (κ2) is 8.40. The Labute approximate surface area is 183 Å². The summed E-state index contributed by atoms with van der Waals surface area (Å²) in [5.74, 6) is -1.67. The maximum Gasteiger partial charge on any atom is 0.271 e. The molecule has 1 fully saturated rings. The largest absolute Gasteiger partial charge is 0.337 e. The molecule has 0 spiro atoms. The van der Waals surface area contributed by atoms with Crippen molar-refractivity contribution in [1.29, 1.82) is 0 Å². The van der Waals surface area contributed by atoms with Gasteiger partial charge in [-0.25, -0.2) is 0 Å². The van der Waals surface area contributed by atoms with E-state index in [4.69, 9.17) is 0 Å². The molecule has 11 nitrogen and oxygen atoms in total. The highest BCUT2D eigenvalue weighted by Gasteiger charge is 2.36. The number of fused-ring (bicyclic) bond motifs is 1. The van der Waals surface area contributed by atoms with Crippen LogP contribution in [0.5, 0.6) is 0 Å². The van der Waals surface area contributed by atoms with Crippen molar-refractivity contribution < 1.29 is 14.5 Å². The van der Waals surface area contributed by atoms with Gasteiger partial charge in [0.05, 0.1) is 16.4 Å². The number of nitrogens with zero attached hydrogens (tertiary/aromatic N) is 3. The van der Waals surface area contributed by atoms with Crippen molar-refractivity contribution in [2.75, 3.05) is 15.5 Å². The quantitative estimate of drug-likeness (QED) is 0.488. The summed E-state index contributed by atoms with van der Waals surface area (Å²) in [6, 6.07) is 5.81. The number of piperidine rings is 1. The molecule has 2 aromatic rings. The molecule has 168 valence electrons. The van der Waals surface area contributed by atoms with Crippen LogP contribution in [0.1, 0.15) is 51.0 Å². The number of nitrogens with one attached hydrogen (secondary N) is 3. The summed E-state index contributed by atoms with van der Waals surface area (Å²) >= 11 is 0. The third-order valence-corrected chi connectivity index (χ3v) is 6.02. The van der Waals surface area contributed by atoms with Crippen LogP contribution in [0.25, 0.3) is 0 Å². The molecule has 0 radical (unpaired) electrons. The maximum absolute atomic E-state index is 13.0. The maximum atomic E-state index is 13.0. The molecule has 11 heteroatoms. The molecule has 3 heterocycles. The number of H-pyrrole nitrogens is 1. The minimum atomic E-state index is -1.07. The van der Waals surface area contributed by atoms with Gasteiger partial charge >= 0.3 is 0 Å². The molecule has 0 saturated carbocycles. The number of aromatic amines is 1. The predicted octanol–water partition coefficient (Wildman–Crippen LogP) is 2.51. The number of anilines is 3. The van der Waals surface area contributed by atoms with Gasteiger partial charge in [-0.15, -0.1) is 0 Å². The number of benzene rings is 1. The number of amides is 2. The van der Waals surface area contributed by atoms with Crippen molar-refractivity contribution in [3.8, 4) is 0 Å². The minimum Gasteiger partial charge on any atom is -0.337 e. The number of hydrogen-bond acceptors (Lipinski definition) is 7. The zero-order valence-electron chi connectivity index (χ0n) is 17.8. The Morgan fingerprint density at radius 1 is 1.25 bits per heavy atom. The summed E-state index contributed by atoms with van der Waals surface area (Å²) in [7, 11) is 0. The number of aromatic nitrogens is 2. The first-order valence-electron chi connectivity index (χ1n) is 10.5. The van der Waals surface area contributed by atoms with E-state index in [0.717, 1.165) is 19.3 Å². The summed E-state index contributed by atoms with van der Waals surface area (Å²) in [6.45, 7) is 4.12. The van der Waals surface area contributed by atoms with Crippen LogP contribution in [0, 0.1) is 10.1 Å². The van der Waals surface area contributed by atoms with Gasteiger partial charge in [-0.1, -0.05) is 6.07 Å². The van der Waals surface area contributed by atoms with Crippen LogP contribution in [0.4, 0.5) is 23.1 Å². The molecule has 2 amide bonds. The van der Waals surface area contributed by atoms with E-state index in [2.05, 4.69) is 34.4 Å². The monoisotopic (exact) mass is 440 g/mol. The van der Waals surface area contributed by atoms with Gasteiger partial charge < -0.3 is 15.5 Å². The standard InChI is InChI=1S/C21H24N6O5/c1-11-5-3-6-12(2)26(11)21-24-18-17(20(30)25-21)15(10-16(28)23-18)19(29)22-13-7-4-8-14(9-13)27(31)32/h4,7-9,11-12,15H,3,5-6,10H2,1-2H3,(H,22,29)(H2,23,24,25,28,30)/t11-,12-,15-/m1/s1. The van der Waals surface area contributed by atoms with E-state index in [1.54, 1.807) is 0 Å². The molecule has 1 aromatic heterocycles. The topological polar surface area (TPSA) is 150 Å². The van der Waals surface area contributed by atoms with Crippen molar-refractivity contribution in [1.82, 2.24) is 9.97 Å². The molecule has 32 heavy (non-hydrogen) atoms. The lowest BCUT2D eigenvalue weighted by Crippen LogP contribution is -2.46. The van der Waals surface area contributed by atoms with Crippen molar-refractivity contribution in [2.24, 2.45) is 0 Å². The molecule has 0 unspecified atom stereocenters. The van der Waals surface area contributed by atoms with Crippen LogP contribution < -0.4 is 21.1 Å². The van der Waals surface area contributed by atoms with Crippen molar-refractivity contribution >= 4 is 35.0 Å². The summed E-state index contributed by atoms with van der Waals surface area (Å²) in [5.41, 5.74) is -0.394. The average Bonchev–Trinajstić information content (AvgIpc) is 2.73. The lowest BCUT2D eigenvalue weighted by atomic mass is 9.92. The highest BCUT2D eigenvalue weighted by atomic mass is 16.6. The van der Waals surface area contributed by atoms with Crippen LogP contribution in [0.15, 0.2) is 29.1 Å². The molecular weight excluding hydrogens is 416 g/mol. The van der Waals surface area contributed by atoms with Crippen molar-refractivity contribution in [2.45, 2.75) is 57.5 Å². The third kappa shape index (κ3) is 4.05. The predicted molar refractivity (Wildman–Crippen MR) is 118 cm³/mol. The second-order valence-electron chi connectivity index (χ2n) is 8.29. The first-order valence-corrected chi connectivity index (χ1v) is 10.5. The van der Waals surface area contributed by atoms with Gasteiger partial charge in [0, 0.05) is 36.3 Å². The van der Waals surface area contributed by atoms with E-state index in [9.17, 15) is 24.5 Å². The van der Waals surface area contributed by atoms with Crippen LogP contribution in [0.2, 0.25) is 0 Å². The number of nitro benzene ring substituents is 1. The average molecular weight is 440 g/mol. The zero-order chi connectivity index (χ0) is 23.0. The molecule has 0 aliphatic carbocycles. The number of carbonyl (C=O) groups is 2. The highest BCUT2D eigenvalue weighted by molar-refractivity contribution is 6.04. The van der Waals surface area contributed by atoms with E-state index < -0.39 is 28.2 Å². The molecular formula is C21H24N6O5. The smallest absolute Gasteiger partial charge is 0.271 e. The van der Waals surface area contributed by atoms with Gasteiger partial charge in [0.25, 0.3) is 11.2 Å². The van der Waals surface area contributed by atoms with Crippen LogP contribution >= 0.6 is 0 Å². The fourth-order valence-corrected chi connectivity index (χ4v) is 4.47. The molecule has 3 atom stereocenters. The molecule has 4 rings (SSSR count). The van der Waals surface area contributed by atoms with Crippen LogP contribution in [0.3, 0.4) is 0 Å². The van der Waals surface area contributed by atoms with E-state index in [1.165, 1.54) is 24.3 Å². The van der Waals surface area contributed by atoms with E-state index in [-0.39, 0.29) is 41.3 Å². The van der Waals surface area contributed by atoms with Crippen molar-refractivity contribution in [3.63, 3.8) is 0 Å². The van der Waals surface area contributed by atoms with Gasteiger partial charge in [0.15, 0.2) is 0 Å². The van der Waals surface area contributed by atoms with Crippen LogP contribution in [-0.4, -0.2) is 38.8 Å². The van der Waals surface area contributed by atoms with Gasteiger partial charge in [0.2, 0.25) is 17.8 Å². The number of rotatable bonds is 4. The fraction of sp³-hybridized carbons (Fsp3) is 0.429. The highest BCUT2D eigenvalue weighted by Crippen LogP contribution is 2.32. The molecule has 0 bridgehead atoms. The molecule has 3 N–H and O–H groups in total. The number of hydrogen-bond donors (Lipinski definition) is 3. The van der Waals surface area contributed by atoms with Gasteiger partial charge in [0.1, 0.15) is 5.82 Å². The van der Waals surface area contributed by atoms with E-state index >= 15 is 0 Å². The first kappa shape index (κ1) is 21.5. The first-order chi connectivity index (χ1) is 15.2. The Morgan fingerprint density at radius 2 is 1.97 bits per heavy atom. The Kier molecular flexibility index (Phi) is 5.64. The minimum absolute atomic E-state index is 0.0733.